The molecule has 8 nitrogen and oxygen atoms in total. The molecule has 0 bridgehead atoms. The molecule has 1 fully saturated rings. The second kappa shape index (κ2) is 6.25. The monoisotopic (exact) mass is 324 g/mol. The van der Waals surface area contributed by atoms with Gasteiger partial charge >= 0.3 is 0 Å². The maximum atomic E-state index is 12.3. The number of benzene rings is 1. The van der Waals surface area contributed by atoms with Crippen molar-refractivity contribution in [1.29, 1.82) is 0 Å². The van der Waals surface area contributed by atoms with E-state index in [9.17, 15) is 4.79 Å². The second-order valence-corrected chi connectivity index (χ2v) is 5.54. The lowest BCUT2D eigenvalue weighted by molar-refractivity contribution is 0.102. The number of nitrogens with one attached hydrogen (secondary N) is 1. The van der Waals surface area contributed by atoms with Gasteiger partial charge in [-0.2, -0.15) is 15.0 Å². The van der Waals surface area contributed by atoms with Crippen molar-refractivity contribution in [2.24, 2.45) is 0 Å². The van der Waals surface area contributed by atoms with Crippen LogP contribution in [0.5, 0.6) is 0 Å². The number of para-hydroxylation sites is 1. The first-order valence-corrected chi connectivity index (χ1v) is 7.70. The van der Waals surface area contributed by atoms with Crippen LogP contribution in [-0.4, -0.2) is 43.9 Å². The fourth-order valence-corrected chi connectivity index (χ4v) is 2.58. The first kappa shape index (κ1) is 14.6. The minimum absolute atomic E-state index is 0.231. The van der Waals surface area contributed by atoms with Crippen molar-refractivity contribution in [2.45, 2.75) is 12.5 Å². The minimum atomic E-state index is -0.320. The van der Waals surface area contributed by atoms with E-state index in [4.69, 9.17) is 4.74 Å². The highest BCUT2D eigenvalue weighted by Gasteiger charge is 2.19. The maximum Gasteiger partial charge on any atom is 0.277 e. The molecule has 1 N–H and O–H groups in total. The van der Waals surface area contributed by atoms with Crippen LogP contribution in [0.3, 0.4) is 0 Å². The Morgan fingerprint density at radius 1 is 1.21 bits per heavy atom. The Hall–Kier alpha value is -3.00. The highest BCUT2D eigenvalue weighted by Crippen LogP contribution is 2.19. The van der Waals surface area contributed by atoms with Gasteiger partial charge in [0, 0.05) is 12.8 Å². The van der Waals surface area contributed by atoms with E-state index >= 15 is 0 Å². The van der Waals surface area contributed by atoms with E-state index in [0.29, 0.717) is 12.3 Å². The molecule has 0 spiro atoms. The molecule has 24 heavy (non-hydrogen) atoms. The van der Waals surface area contributed by atoms with E-state index in [2.05, 4.69) is 20.6 Å². The van der Waals surface area contributed by atoms with E-state index in [0.717, 1.165) is 18.7 Å². The number of hydrogen-bond donors (Lipinski definition) is 1. The van der Waals surface area contributed by atoms with E-state index in [1.807, 2.05) is 35.0 Å². The van der Waals surface area contributed by atoms with Gasteiger partial charge < -0.3 is 10.1 Å². The minimum Gasteiger partial charge on any atom is -0.379 e. The summed E-state index contributed by atoms with van der Waals surface area (Å²) >= 11 is 0. The van der Waals surface area contributed by atoms with Crippen molar-refractivity contribution in [2.75, 3.05) is 18.5 Å². The van der Waals surface area contributed by atoms with Crippen molar-refractivity contribution in [1.82, 2.24) is 24.8 Å². The molecule has 0 saturated carbocycles. The molecule has 1 aliphatic heterocycles. The molecule has 8 heteroatoms. The van der Waals surface area contributed by atoms with Gasteiger partial charge in [-0.1, -0.05) is 18.2 Å². The zero-order valence-electron chi connectivity index (χ0n) is 12.9. The number of carbonyl (C=O) groups is 1. The van der Waals surface area contributed by atoms with E-state index in [1.54, 1.807) is 12.4 Å². The van der Waals surface area contributed by atoms with Gasteiger partial charge in [0.25, 0.3) is 5.91 Å². The number of ether oxygens (including phenoxy) is 1. The van der Waals surface area contributed by atoms with Crippen LogP contribution < -0.4 is 5.32 Å². The molecule has 1 amide bonds. The van der Waals surface area contributed by atoms with Crippen LogP contribution in [0, 0.1) is 0 Å². The average Bonchev–Trinajstić information content (AvgIpc) is 3.36. The number of anilines is 1. The van der Waals surface area contributed by atoms with Gasteiger partial charge in [-0.05, 0) is 18.6 Å². The van der Waals surface area contributed by atoms with Crippen molar-refractivity contribution in [3.63, 3.8) is 0 Å². The summed E-state index contributed by atoms with van der Waals surface area (Å²) in [6.45, 7) is 1.40. The predicted molar refractivity (Wildman–Crippen MR) is 86.0 cm³/mol. The molecule has 3 aromatic rings. The highest BCUT2D eigenvalue weighted by atomic mass is 16.5. The van der Waals surface area contributed by atoms with Crippen molar-refractivity contribution in [3.8, 4) is 5.69 Å². The highest BCUT2D eigenvalue weighted by molar-refractivity contribution is 6.02. The zero-order valence-corrected chi connectivity index (χ0v) is 12.9. The third kappa shape index (κ3) is 2.91. The molecule has 4 rings (SSSR count). The number of hydrogen-bond acceptors (Lipinski definition) is 5. The Kier molecular flexibility index (Phi) is 3.80. The van der Waals surface area contributed by atoms with Crippen molar-refractivity contribution >= 4 is 11.6 Å². The molecule has 3 heterocycles. The van der Waals surface area contributed by atoms with Crippen LogP contribution in [-0.2, 0) is 4.74 Å². The quantitative estimate of drug-likeness (QED) is 0.789. The third-order valence-electron chi connectivity index (χ3n) is 3.85. The van der Waals surface area contributed by atoms with Gasteiger partial charge in [0.1, 0.15) is 0 Å². The number of nitrogens with zero attached hydrogens (tertiary/aromatic N) is 5. The fraction of sp³-hybridized carbons (Fsp3) is 0.250. The Morgan fingerprint density at radius 2 is 2.08 bits per heavy atom. The Bertz CT molecular complexity index is 835. The van der Waals surface area contributed by atoms with Crippen LogP contribution in [0.15, 0.2) is 48.9 Å². The summed E-state index contributed by atoms with van der Waals surface area (Å²) in [6, 6.07) is 9.66. The lowest BCUT2D eigenvalue weighted by Gasteiger charge is -2.06. The molecular weight excluding hydrogens is 308 g/mol. The summed E-state index contributed by atoms with van der Waals surface area (Å²) in [5.41, 5.74) is 1.67. The molecule has 1 saturated heterocycles. The van der Waals surface area contributed by atoms with Crippen LogP contribution in [0.1, 0.15) is 23.0 Å². The molecule has 1 atom stereocenters. The van der Waals surface area contributed by atoms with E-state index in [1.165, 1.54) is 11.0 Å². The SMILES string of the molecule is O=C(Nc1cnn([C@H]2CCOC2)c1)c1cnn(-c2ccccc2)n1. The summed E-state index contributed by atoms with van der Waals surface area (Å²) < 4.78 is 7.17. The van der Waals surface area contributed by atoms with Gasteiger partial charge in [0.2, 0.25) is 0 Å². The smallest absolute Gasteiger partial charge is 0.277 e. The standard InChI is InChI=1S/C16H16N6O2/c23-16(15-9-18-22(20-15)13-4-2-1-3-5-13)19-12-8-17-21(10-12)14-6-7-24-11-14/h1-5,8-10,14H,6-7,11H2,(H,19,23)/t14-/m0/s1. The first-order valence-electron chi connectivity index (χ1n) is 7.70. The number of amides is 1. The van der Waals surface area contributed by atoms with Gasteiger partial charge in [-0.25, -0.2) is 0 Å². The predicted octanol–water partition coefficient (Wildman–Crippen LogP) is 1.68. The number of carbonyl (C=O) groups excluding carboxylic acids is 1. The molecule has 2 aromatic heterocycles. The first-order chi connectivity index (χ1) is 11.8. The largest absolute Gasteiger partial charge is 0.379 e. The molecular formula is C16H16N6O2. The summed E-state index contributed by atoms with van der Waals surface area (Å²) in [7, 11) is 0. The summed E-state index contributed by atoms with van der Waals surface area (Å²) in [6.07, 6.45) is 5.80. The van der Waals surface area contributed by atoms with Crippen molar-refractivity contribution in [3.05, 3.63) is 54.6 Å². The Labute approximate surface area is 138 Å². The average molecular weight is 324 g/mol. The second-order valence-electron chi connectivity index (χ2n) is 5.54. The lowest BCUT2D eigenvalue weighted by Crippen LogP contribution is -2.13. The fourth-order valence-electron chi connectivity index (χ4n) is 2.58. The van der Waals surface area contributed by atoms with Crippen LogP contribution in [0.4, 0.5) is 5.69 Å². The molecule has 1 aliphatic rings. The summed E-state index contributed by atoms with van der Waals surface area (Å²) in [5.74, 6) is -0.320. The molecule has 0 radical (unpaired) electrons. The van der Waals surface area contributed by atoms with Gasteiger partial charge in [-0.3, -0.25) is 9.48 Å². The molecule has 0 aliphatic carbocycles. The Balaban J connectivity index is 1.46. The summed E-state index contributed by atoms with van der Waals surface area (Å²) in [5, 5.41) is 15.4. The number of rotatable bonds is 4. The summed E-state index contributed by atoms with van der Waals surface area (Å²) in [4.78, 5) is 13.7. The zero-order chi connectivity index (χ0) is 16.4. The van der Waals surface area contributed by atoms with Crippen molar-refractivity contribution < 1.29 is 9.53 Å². The van der Waals surface area contributed by atoms with Gasteiger partial charge in [0.05, 0.1) is 36.4 Å². The molecule has 1 aromatic carbocycles. The third-order valence-corrected chi connectivity index (χ3v) is 3.85. The topological polar surface area (TPSA) is 86.9 Å². The maximum absolute atomic E-state index is 12.3. The molecule has 122 valence electrons. The normalized spacial score (nSPS) is 17.1. The molecule has 0 unspecified atom stereocenters. The van der Waals surface area contributed by atoms with Gasteiger partial charge in [0.15, 0.2) is 5.69 Å². The van der Waals surface area contributed by atoms with Crippen LogP contribution in [0.2, 0.25) is 0 Å². The Morgan fingerprint density at radius 3 is 2.88 bits per heavy atom. The lowest BCUT2D eigenvalue weighted by atomic mass is 10.3. The van der Waals surface area contributed by atoms with Gasteiger partial charge in [-0.15, -0.1) is 5.10 Å². The number of aromatic nitrogens is 5. The van der Waals surface area contributed by atoms with Crippen LogP contribution in [0.25, 0.3) is 5.69 Å². The van der Waals surface area contributed by atoms with Crippen LogP contribution >= 0.6 is 0 Å². The van der Waals surface area contributed by atoms with E-state index in [-0.39, 0.29) is 17.6 Å². The van der Waals surface area contributed by atoms with E-state index < -0.39 is 0 Å².